The zero-order chi connectivity index (χ0) is 14.7. The third-order valence-corrected chi connectivity index (χ3v) is 4.74. The summed E-state index contributed by atoms with van der Waals surface area (Å²) < 4.78 is 15.3. The fourth-order valence-corrected chi connectivity index (χ4v) is 3.56. The van der Waals surface area contributed by atoms with Crippen molar-refractivity contribution in [1.29, 1.82) is 0 Å². The minimum atomic E-state index is -0.396. The van der Waals surface area contributed by atoms with Crippen molar-refractivity contribution in [3.8, 4) is 5.69 Å². The standard InChI is InChI=1S/C14H16ClFN4S/c15-12-2-1-3-13(16)14(12)20-10-11(17-18-20)4-5-19-6-8-21-9-7-19/h1-3,10H,4-9H2. The van der Waals surface area contributed by atoms with Crippen molar-refractivity contribution in [3.63, 3.8) is 0 Å². The number of halogens is 2. The summed E-state index contributed by atoms with van der Waals surface area (Å²) in [6.07, 6.45) is 2.57. The van der Waals surface area contributed by atoms with Crippen molar-refractivity contribution in [2.24, 2.45) is 0 Å². The van der Waals surface area contributed by atoms with Crippen LogP contribution >= 0.6 is 23.4 Å². The van der Waals surface area contributed by atoms with Crippen molar-refractivity contribution >= 4 is 23.4 Å². The molecule has 1 aromatic heterocycles. The first-order valence-electron chi connectivity index (χ1n) is 6.90. The maximum atomic E-state index is 13.8. The van der Waals surface area contributed by atoms with Gasteiger partial charge in [0.2, 0.25) is 0 Å². The number of aromatic nitrogens is 3. The lowest BCUT2D eigenvalue weighted by molar-refractivity contribution is 0.305. The van der Waals surface area contributed by atoms with E-state index in [0.29, 0.717) is 5.02 Å². The molecule has 0 unspecified atom stereocenters. The van der Waals surface area contributed by atoms with Gasteiger partial charge in [0, 0.05) is 37.6 Å². The van der Waals surface area contributed by atoms with Gasteiger partial charge in [-0.1, -0.05) is 22.9 Å². The minimum absolute atomic E-state index is 0.257. The Morgan fingerprint density at radius 2 is 2.10 bits per heavy atom. The predicted octanol–water partition coefficient (Wildman–Crippen LogP) is 2.65. The van der Waals surface area contributed by atoms with Crippen LogP contribution in [0, 0.1) is 5.82 Å². The Labute approximate surface area is 132 Å². The van der Waals surface area contributed by atoms with Crippen LogP contribution in [0.4, 0.5) is 4.39 Å². The lowest BCUT2D eigenvalue weighted by Gasteiger charge is -2.25. The number of hydrogen-bond donors (Lipinski definition) is 0. The van der Waals surface area contributed by atoms with E-state index in [9.17, 15) is 4.39 Å². The molecule has 3 rings (SSSR count). The summed E-state index contributed by atoms with van der Waals surface area (Å²) in [5, 5.41) is 8.44. The van der Waals surface area contributed by atoms with Gasteiger partial charge < -0.3 is 4.90 Å². The quantitative estimate of drug-likeness (QED) is 0.865. The molecule has 21 heavy (non-hydrogen) atoms. The van der Waals surface area contributed by atoms with Gasteiger partial charge in [-0.2, -0.15) is 11.8 Å². The van der Waals surface area contributed by atoms with Gasteiger partial charge in [-0.25, -0.2) is 9.07 Å². The molecule has 4 nitrogen and oxygen atoms in total. The van der Waals surface area contributed by atoms with Gasteiger partial charge in [-0.15, -0.1) is 5.10 Å². The van der Waals surface area contributed by atoms with Crippen molar-refractivity contribution < 1.29 is 4.39 Å². The number of benzene rings is 1. The highest BCUT2D eigenvalue weighted by Gasteiger charge is 2.13. The molecule has 7 heteroatoms. The molecular formula is C14H16ClFN4S. The Kier molecular flexibility index (Phi) is 4.77. The number of nitrogens with zero attached hydrogens (tertiary/aromatic N) is 4. The van der Waals surface area contributed by atoms with Crippen molar-refractivity contribution in [2.75, 3.05) is 31.1 Å². The van der Waals surface area contributed by atoms with E-state index < -0.39 is 5.82 Å². The average molecular weight is 327 g/mol. The van der Waals surface area contributed by atoms with E-state index in [4.69, 9.17) is 11.6 Å². The van der Waals surface area contributed by atoms with Gasteiger partial charge in [-0.05, 0) is 12.1 Å². The summed E-state index contributed by atoms with van der Waals surface area (Å²) >= 11 is 8.03. The second kappa shape index (κ2) is 6.77. The molecule has 0 bridgehead atoms. The lowest BCUT2D eigenvalue weighted by Crippen LogP contribution is -2.34. The molecule has 1 aliphatic rings. The molecule has 0 N–H and O–H groups in total. The molecule has 0 radical (unpaired) electrons. The van der Waals surface area contributed by atoms with Gasteiger partial charge in [0.25, 0.3) is 0 Å². The molecule has 1 aliphatic heterocycles. The van der Waals surface area contributed by atoms with E-state index in [2.05, 4.69) is 15.2 Å². The zero-order valence-electron chi connectivity index (χ0n) is 11.5. The third-order valence-electron chi connectivity index (χ3n) is 3.50. The number of rotatable bonds is 4. The van der Waals surface area contributed by atoms with Gasteiger partial charge in [0.05, 0.1) is 16.9 Å². The van der Waals surface area contributed by atoms with Crippen LogP contribution in [0.5, 0.6) is 0 Å². The lowest BCUT2D eigenvalue weighted by atomic mass is 10.3. The Morgan fingerprint density at radius 3 is 2.86 bits per heavy atom. The smallest absolute Gasteiger partial charge is 0.150 e. The van der Waals surface area contributed by atoms with Crippen LogP contribution in [0.1, 0.15) is 5.69 Å². The Morgan fingerprint density at radius 1 is 1.29 bits per heavy atom. The van der Waals surface area contributed by atoms with E-state index >= 15 is 0 Å². The molecule has 1 fully saturated rings. The van der Waals surface area contributed by atoms with Gasteiger partial charge in [0.15, 0.2) is 0 Å². The van der Waals surface area contributed by atoms with Crippen LogP contribution in [-0.4, -0.2) is 51.0 Å². The average Bonchev–Trinajstić information content (AvgIpc) is 2.95. The van der Waals surface area contributed by atoms with Crippen LogP contribution in [0.3, 0.4) is 0 Å². The van der Waals surface area contributed by atoms with E-state index in [1.165, 1.54) is 22.3 Å². The first-order chi connectivity index (χ1) is 10.2. The topological polar surface area (TPSA) is 34.0 Å². The molecule has 112 valence electrons. The molecule has 0 spiro atoms. The molecule has 1 aromatic carbocycles. The summed E-state index contributed by atoms with van der Waals surface area (Å²) in [5.41, 5.74) is 1.11. The predicted molar refractivity (Wildman–Crippen MR) is 83.8 cm³/mol. The van der Waals surface area contributed by atoms with Crippen molar-refractivity contribution in [1.82, 2.24) is 19.9 Å². The number of para-hydroxylation sites is 1. The van der Waals surface area contributed by atoms with Crippen molar-refractivity contribution in [2.45, 2.75) is 6.42 Å². The Hall–Kier alpha value is -1.11. The Bertz CT molecular complexity index is 593. The summed E-state index contributed by atoms with van der Waals surface area (Å²) in [6, 6.07) is 4.59. The fourth-order valence-electron chi connectivity index (χ4n) is 2.33. The molecule has 0 atom stereocenters. The molecule has 1 saturated heterocycles. The fraction of sp³-hybridized carbons (Fsp3) is 0.429. The molecule has 2 heterocycles. The molecular weight excluding hydrogens is 311 g/mol. The van der Waals surface area contributed by atoms with Crippen LogP contribution in [0.15, 0.2) is 24.4 Å². The van der Waals surface area contributed by atoms with Crippen LogP contribution in [0.25, 0.3) is 5.69 Å². The molecule has 2 aromatic rings. The van der Waals surface area contributed by atoms with Crippen LogP contribution < -0.4 is 0 Å². The first kappa shape index (κ1) is 14.8. The maximum absolute atomic E-state index is 13.8. The summed E-state index contributed by atoms with van der Waals surface area (Å²) in [4.78, 5) is 2.42. The largest absolute Gasteiger partial charge is 0.301 e. The maximum Gasteiger partial charge on any atom is 0.150 e. The number of hydrogen-bond acceptors (Lipinski definition) is 4. The summed E-state index contributed by atoms with van der Waals surface area (Å²) in [6.45, 7) is 3.21. The minimum Gasteiger partial charge on any atom is -0.301 e. The highest BCUT2D eigenvalue weighted by molar-refractivity contribution is 7.99. The highest BCUT2D eigenvalue weighted by Crippen LogP contribution is 2.22. The van der Waals surface area contributed by atoms with Gasteiger partial charge in [-0.3, -0.25) is 0 Å². The van der Waals surface area contributed by atoms with Crippen LogP contribution in [-0.2, 0) is 6.42 Å². The summed E-state index contributed by atoms with van der Waals surface area (Å²) in [7, 11) is 0. The molecule has 0 aliphatic carbocycles. The SMILES string of the molecule is Fc1cccc(Cl)c1-n1cc(CCN2CCSCC2)nn1. The van der Waals surface area contributed by atoms with E-state index in [1.54, 1.807) is 18.3 Å². The molecule has 0 saturated carbocycles. The Balaban J connectivity index is 1.68. The normalized spacial score (nSPS) is 16.3. The summed E-state index contributed by atoms with van der Waals surface area (Å²) in [5.74, 6) is 1.99. The van der Waals surface area contributed by atoms with E-state index in [1.807, 2.05) is 11.8 Å². The van der Waals surface area contributed by atoms with Gasteiger partial charge in [0.1, 0.15) is 11.5 Å². The van der Waals surface area contributed by atoms with Gasteiger partial charge >= 0.3 is 0 Å². The third kappa shape index (κ3) is 3.56. The van der Waals surface area contributed by atoms with E-state index in [0.717, 1.165) is 31.7 Å². The zero-order valence-corrected chi connectivity index (χ0v) is 13.1. The monoisotopic (exact) mass is 326 g/mol. The van der Waals surface area contributed by atoms with Crippen molar-refractivity contribution in [3.05, 3.63) is 40.9 Å². The van der Waals surface area contributed by atoms with Crippen LogP contribution in [0.2, 0.25) is 5.02 Å². The van der Waals surface area contributed by atoms with E-state index in [-0.39, 0.29) is 5.69 Å². The number of thioether (sulfide) groups is 1. The highest BCUT2D eigenvalue weighted by atomic mass is 35.5. The second-order valence-corrected chi connectivity index (χ2v) is 6.56. The second-order valence-electron chi connectivity index (χ2n) is 4.93. The first-order valence-corrected chi connectivity index (χ1v) is 8.43. The molecule has 0 amide bonds.